The van der Waals surface area contributed by atoms with E-state index < -0.39 is 12.1 Å². The Hall–Kier alpha value is -0.870. The molecule has 0 heterocycles. The number of rotatable bonds is 76. The first-order valence-corrected chi connectivity index (χ1v) is 39.9. The van der Waals surface area contributed by atoms with Crippen molar-refractivity contribution in [1.29, 1.82) is 0 Å². The zero-order chi connectivity index (χ0) is 60.5. The van der Waals surface area contributed by atoms with Gasteiger partial charge >= 0.3 is 0 Å². The first-order chi connectivity index (χ1) is 41.7. The monoisotopic (exact) mass is 1180 g/mol. The molecular weight excluding hydrogens is 1020 g/mol. The predicted molar refractivity (Wildman–Crippen MR) is 378 cm³/mol. The lowest BCUT2D eigenvalue weighted by Gasteiger charge is -2.22. The van der Waals surface area contributed by atoms with Crippen molar-refractivity contribution in [3.8, 4) is 0 Å². The summed E-state index contributed by atoms with van der Waals surface area (Å²) >= 11 is 0. The second kappa shape index (κ2) is 76.4. The Bertz CT molecular complexity index is 1200. The van der Waals surface area contributed by atoms with Gasteiger partial charge in [-0.3, -0.25) is 4.79 Å². The molecule has 0 aromatic heterocycles. The minimum Gasteiger partial charge on any atom is -0.394 e. The van der Waals surface area contributed by atoms with Gasteiger partial charge in [-0.25, -0.2) is 0 Å². The first kappa shape index (κ1) is 83.1. The van der Waals surface area contributed by atoms with Crippen LogP contribution in [0, 0.1) is 0 Å². The van der Waals surface area contributed by atoms with Gasteiger partial charge in [0, 0.05) is 6.42 Å². The number of hydrogen-bond acceptors (Lipinski definition) is 3. The minimum atomic E-state index is -0.658. The number of carbonyl (C=O) groups is 1. The van der Waals surface area contributed by atoms with Crippen LogP contribution in [0.1, 0.15) is 476 Å². The number of hydrogen-bond donors (Lipinski definition) is 3. The molecular formula is C80H159NO3. The lowest BCUT2D eigenvalue weighted by atomic mass is 10.0. The second-order valence-electron chi connectivity index (χ2n) is 27.8. The van der Waals surface area contributed by atoms with Gasteiger partial charge in [0.2, 0.25) is 5.91 Å². The SMILES string of the molecule is CCCCCCCCCC/C=C\CCCCCCCCCCCCCCCCCCCCCCCCCCCCCCCC(=O)NC(CO)C(O)CCCCCCCCCCCCCCCCCCCCCCCCCCCCCCCCC. The third kappa shape index (κ3) is 71.9. The maximum absolute atomic E-state index is 12.6. The zero-order valence-electron chi connectivity index (χ0n) is 58.2. The fourth-order valence-electron chi connectivity index (χ4n) is 13.2. The van der Waals surface area contributed by atoms with E-state index in [2.05, 4.69) is 31.3 Å². The number of nitrogens with one attached hydrogen (secondary N) is 1. The van der Waals surface area contributed by atoms with Crippen molar-refractivity contribution in [2.24, 2.45) is 0 Å². The molecule has 502 valence electrons. The summed E-state index contributed by atoms with van der Waals surface area (Å²) in [4.78, 5) is 12.6. The fourth-order valence-corrected chi connectivity index (χ4v) is 13.2. The quantitative estimate of drug-likeness (QED) is 0.0420. The van der Waals surface area contributed by atoms with Gasteiger partial charge in [0.25, 0.3) is 0 Å². The molecule has 0 radical (unpaired) electrons. The smallest absolute Gasteiger partial charge is 0.220 e. The summed E-state index contributed by atoms with van der Waals surface area (Å²) in [7, 11) is 0. The van der Waals surface area contributed by atoms with Gasteiger partial charge in [-0.05, 0) is 38.5 Å². The van der Waals surface area contributed by atoms with E-state index in [0.717, 1.165) is 25.7 Å². The molecule has 0 aliphatic rings. The van der Waals surface area contributed by atoms with Crippen molar-refractivity contribution in [1.82, 2.24) is 5.32 Å². The lowest BCUT2D eigenvalue weighted by Crippen LogP contribution is -2.45. The van der Waals surface area contributed by atoms with Crippen LogP contribution in [-0.2, 0) is 4.79 Å². The molecule has 3 N–H and O–H groups in total. The van der Waals surface area contributed by atoms with E-state index in [-0.39, 0.29) is 12.5 Å². The highest BCUT2D eigenvalue weighted by Crippen LogP contribution is 2.21. The Balaban J connectivity index is 3.33. The molecule has 0 fully saturated rings. The van der Waals surface area contributed by atoms with E-state index >= 15 is 0 Å². The molecule has 0 aliphatic carbocycles. The number of allylic oxidation sites excluding steroid dienone is 2. The highest BCUT2D eigenvalue weighted by Gasteiger charge is 2.20. The van der Waals surface area contributed by atoms with E-state index in [1.807, 2.05) is 0 Å². The Morgan fingerprint density at radius 2 is 0.452 bits per heavy atom. The summed E-state index contributed by atoms with van der Waals surface area (Å²) in [6, 6.07) is -0.535. The van der Waals surface area contributed by atoms with Gasteiger partial charge in [0.1, 0.15) is 0 Å². The number of aliphatic hydroxyl groups excluding tert-OH is 2. The average molecular weight is 1180 g/mol. The molecule has 0 saturated carbocycles. The molecule has 2 atom stereocenters. The third-order valence-corrected chi connectivity index (χ3v) is 19.3. The van der Waals surface area contributed by atoms with E-state index in [9.17, 15) is 15.0 Å². The van der Waals surface area contributed by atoms with Crippen LogP contribution in [0.2, 0.25) is 0 Å². The average Bonchev–Trinajstić information content (AvgIpc) is 3.51. The third-order valence-electron chi connectivity index (χ3n) is 19.3. The molecule has 0 aromatic carbocycles. The Morgan fingerprint density at radius 1 is 0.274 bits per heavy atom. The van der Waals surface area contributed by atoms with Gasteiger partial charge < -0.3 is 15.5 Å². The van der Waals surface area contributed by atoms with E-state index in [0.29, 0.717) is 12.8 Å². The van der Waals surface area contributed by atoms with Gasteiger partial charge in [-0.2, -0.15) is 0 Å². The Labute approximate surface area is 530 Å². The molecule has 0 aromatic rings. The summed E-state index contributed by atoms with van der Waals surface area (Å²) in [5.41, 5.74) is 0. The molecule has 4 nitrogen and oxygen atoms in total. The van der Waals surface area contributed by atoms with Crippen molar-refractivity contribution in [3.05, 3.63) is 12.2 Å². The normalized spacial score (nSPS) is 12.6. The van der Waals surface area contributed by atoms with Crippen LogP contribution in [0.15, 0.2) is 12.2 Å². The molecule has 0 saturated heterocycles. The maximum atomic E-state index is 12.6. The summed E-state index contributed by atoms with van der Waals surface area (Å²) in [5.74, 6) is -0.0187. The van der Waals surface area contributed by atoms with Crippen LogP contribution in [0.3, 0.4) is 0 Å². The van der Waals surface area contributed by atoms with Crippen molar-refractivity contribution >= 4 is 5.91 Å². The summed E-state index contributed by atoms with van der Waals surface area (Å²) in [6.45, 7) is 4.42. The van der Waals surface area contributed by atoms with Crippen LogP contribution < -0.4 is 5.32 Å². The van der Waals surface area contributed by atoms with Crippen LogP contribution in [0.5, 0.6) is 0 Å². The number of amides is 1. The van der Waals surface area contributed by atoms with Crippen molar-refractivity contribution in [3.63, 3.8) is 0 Å². The molecule has 84 heavy (non-hydrogen) atoms. The zero-order valence-corrected chi connectivity index (χ0v) is 58.2. The molecule has 2 unspecified atom stereocenters. The molecule has 0 bridgehead atoms. The van der Waals surface area contributed by atoms with Crippen LogP contribution in [0.25, 0.3) is 0 Å². The van der Waals surface area contributed by atoms with Gasteiger partial charge in [-0.1, -0.05) is 443 Å². The second-order valence-corrected chi connectivity index (χ2v) is 27.8. The maximum Gasteiger partial charge on any atom is 0.220 e. The van der Waals surface area contributed by atoms with E-state index in [1.165, 1.54) is 424 Å². The van der Waals surface area contributed by atoms with Crippen LogP contribution in [-0.4, -0.2) is 34.9 Å². The van der Waals surface area contributed by atoms with Crippen LogP contribution in [0.4, 0.5) is 0 Å². The van der Waals surface area contributed by atoms with Gasteiger partial charge in [0.15, 0.2) is 0 Å². The largest absolute Gasteiger partial charge is 0.394 e. The summed E-state index contributed by atoms with van der Waals surface area (Å²) in [5, 5.41) is 23.5. The molecule has 0 rings (SSSR count). The van der Waals surface area contributed by atoms with Crippen molar-refractivity contribution in [2.75, 3.05) is 6.61 Å². The number of carbonyl (C=O) groups excluding carboxylic acids is 1. The van der Waals surface area contributed by atoms with Gasteiger partial charge in [0.05, 0.1) is 18.8 Å². The highest BCUT2D eigenvalue weighted by molar-refractivity contribution is 5.76. The number of aliphatic hydroxyl groups is 2. The van der Waals surface area contributed by atoms with Gasteiger partial charge in [-0.15, -0.1) is 0 Å². The molecule has 0 aliphatic heterocycles. The lowest BCUT2D eigenvalue weighted by molar-refractivity contribution is -0.123. The number of unbranched alkanes of at least 4 members (excludes halogenated alkanes) is 67. The Morgan fingerprint density at radius 3 is 0.655 bits per heavy atom. The van der Waals surface area contributed by atoms with Crippen molar-refractivity contribution in [2.45, 2.75) is 488 Å². The summed E-state index contributed by atoms with van der Waals surface area (Å²) in [6.07, 6.45) is 103. The minimum absolute atomic E-state index is 0.0187. The molecule has 1 amide bonds. The van der Waals surface area contributed by atoms with E-state index in [4.69, 9.17) is 0 Å². The topological polar surface area (TPSA) is 69.6 Å². The summed E-state index contributed by atoms with van der Waals surface area (Å²) < 4.78 is 0. The van der Waals surface area contributed by atoms with Crippen LogP contribution >= 0.6 is 0 Å². The molecule has 4 heteroatoms. The first-order valence-electron chi connectivity index (χ1n) is 39.9. The predicted octanol–water partition coefficient (Wildman–Crippen LogP) is 27.5. The van der Waals surface area contributed by atoms with Crippen molar-refractivity contribution < 1.29 is 15.0 Å². The fraction of sp³-hybridized carbons (Fsp3) is 0.963. The molecule has 0 spiro atoms. The van der Waals surface area contributed by atoms with E-state index in [1.54, 1.807) is 0 Å². The highest BCUT2D eigenvalue weighted by atomic mass is 16.3. The Kier molecular flexibility index (Phi) is 75.6. The standard InChI is InChI=1S/C80H159NO3/c1-3-5-7-9-11-13-15-17-19-21-23-25-27-29-31-33-35-36-37-38-39-40-41-42-43-44-46-48-50-52-54-56-58-60-62-64-66-68-70-72-74-76-80(84)81-78(77-82)79(83)75-73-71-69-67-65-63-61-59-57-55-53-51-49-47-45-34-32-30-28-26-24-22-20-18-16-14-12-10-8-6-4-2/h21,23,78-79,82-83H,3-20,22,24-77H2,1-2H3,(H,81,84)/b23-21-.